The van der Waals surface area contributed by atoms with Crippen LogP contribution in [0.25, 0.3) is 0 Å². The number of hydrogen-bond acceptors (Lipinski definition) is 5. The van der Waals surface area contributed by atoms with E-state index in [0.717, 1.165) is 50.9 Å². The molecule has 0 aromatic heterocycles. The zero-order valence-electron chi connectivity index (χ0n) is 15.7. The van der Waals surface area contributed by atoms with Gasteiger partial charge in [0.1, 0.15) is 5.82 Å². The summed E-state index contributed by atoms with van der Waals surface area (Å²) in [6.45, 7) is 2.92. The SMILES string of the molecule is CO[C@@H]1CC[C@]2(OC)CCN(CC3CNNC3c3cccc(F)c3)[C@@H]2C1. The normalized spacial score (nSPS) is 37.8. The lowest BCUT2D eigenvalue weighted by Gasteiger charge is -2.44. The second-order valence-corrected chi connectivity index (χ2v) is 7.98. The van der Waals surface area contributed by atoms with Crippen LogP contribution in [0.3, 0.4) is 0 Å². The molecule has 0 amide bonds. The average Bonchev–Trinajstić information content (AvgIpc) is 3.27. The van der Waals surface area contributed by atoms with Gasteiger partial charge in [-0.1, -0.05) is 12.1 Å². The maximum atomic E-state index is 13.7. The molecule has 0 spiro atoms. The Morgan fingerprint density at radius 1 is 1.31 bits per heavy atom. The third kappa shape index (κ3) is 3.29. The van der Waals surface area contributed by atoms with E-state index in [1.165, 1.54) is 6.07 Å². The molecule has 2 unspecified atom stereocenters. The van der Waals surface area contributed by atoms with Crippen molar-refractivity contribution in [1.29, 1.82) is 0 Å². The fourth-order valence-electron chi connectivity index (χ4n) is 5.25. The van der Waals surface area contributed by atoms with E-state index in [9.17, 15) is 4.39 Å². The quantitative estimate of drug-likeness (QED) is 0.840. The van der Waals surface area contributed by atoms with E-state index < -0.39 is 0 Å². The Morgan fingerprint density at radius 2 is 2.19 bits per heavy atom. The molecule has 1 aromatic carbocycles. The van der Waals surface area contributed by atoms with Gasteiger partial charge in [-0.25, -0.2) is 9.82 Å². The van der Waals surface area contributed by atoms with E-state index in [1.807, 2.05) is 20.3 Å². The van der Waals surface area contributed by atoms with Crippen LogP contribution in [0.15, 0.2) is 24.3 Å². The summed E-state index contributed by atoms with van der Waals surface area (Å²) in [5.74, 6) is 0.220. The molecule has 3 fully saturated rings. The minimum absolute atomic E-state index is 0.0250. The summed E-state index contributed by atoms with van der Waals surface area (Å²) < 4.78 is 25.4. The predicted octanol–water partition coefficient (Wildman–Crippen LogP) is 2.25. The molecule has 4 rings (SSSR count). The van der Waals surface area contributed by atoms with Crippen LogP contribution in [0, 0.1) is 11.7 Å². The Balaban J connectivity index is 1.49. The second-order valence-electron chi connectivity index (χ2n) is 7.98. The molecule has 2 N–H and O–H groups in total. The maximum Gasteiger partial charge on any atom is 0.123 e. The molecule has 2 aliphatic heterocycles. The zero-order chi connectivity index (χ0) is 18.1. The number of fused-ring (bicyclic) bond motifs is 1. The first-order chi connectivity index (χ1) is 12.6. The van der Waals surface area contributed by atoms with Gasteiger partial charge in [-0.2, -0.15) is 0 Å². The number of rotatable bonds is 5. The fraction of sp³-hybridized carbons (Fsp3) is 0.700. The van der Waals surface area contributed by atoms with Crippen LogP contribution in [0.1, 0.15) is 37.3 Å². The number of benzene rings is 1. The van der Waals surface area contributed by atoms with Crippen molar-refractivity contribution in [3.05, 3.63) is 35.6 Å². The molecule has 2 heterocycles. The first-order valence-electron chi connectivity index (χ1n) is 9.71. The van der Waals surface area contributed by atoms with Gasteiger partial charge in [-0.05, 0) is 43.4 Å². The molecule has 6 heteroatoms. The van der Waals surface area contributed by atoms with E-state index in [-0.39, 0.29) is 17.5 Å². The van der Waals surface area contributed by atoms with Crippen molar-refractivity contribution in [2.75, 3.05) is 33.9 Å². The van der Waals surface area contributed by atoms with E-state index >= 15 is 0 Å². The lowest BCUT2D eigenvalue weighted by molar-refractivity contribution is -0.0950. The van der Waals surface area contributed by atoms with Crippen molar-refractivity contribution in [2.24, 2.45) is 5.92 Å². The third-order valence-corrected chi connectivity index (χ3v) is 6.76. The number of ether oxygens (including phenoxy) is 2. The summed E-state index contributed by atoms with van der Waals surface area (Å²) in [5.41, 5.74) is 7.60. The molecule has 5 nitrogen and oxygen atoms in total. The van der Waals surface area contributed by atoms with Crippen LogP contribution in [0.4, 0.5) is 4.39 Å². The minimum Gasteiger partial charge on any atom is -0.381 e. The lowest BCUT2D eigenvalue weighted by atomic mass is 9.79. The number of nitrogens with zero attached hydrogens (tertiary/aromatic N) is 1. The van der Waals surface area contributed by atoms with Gasteiger partial charge >= 0.3 is 0 Å². The first-order valence-corrected chi connectivity index (χ1v) is 9.71. The van der Waals surface area contributed by atoms with Gasteiger partial charge in [-0.3, -0.25) is 10.3 Å². The molecule has 1 aliphatic carbocycles. The molecule has 0 bridgehead atoms. The summed E-state index contributed by atoms with van der Waals surface area (Å²) in [6.07, 6.45) is 4.58. The van der Waals surface area contributed by atoms with E-state index in [0.29, 0.717) is 18.1 Å². The highest BCUT2D eigenvalue weighted by Gasteiger charge is 2.51. The van der Waals surface area contributed by atoms with E-state index in [1.54, 1.807) is 12.1 Å². The van der Waals surface area contributed by atoms with Gasteiger partial charge in [0.2, 0.25) is 0 Å². The highest BCUT2D eigenvalue weighted by molar-refractivity contribution is 5.22. The van der Waals surface area contributed by atoms with Crippen LogP contribution in [0.2, 0.25) is 0 Å². The highest BCUT2D eigenvalue weighted by Crippen LogP contribution is 2.43. The van der Waals surface area contributed by atoms with Crippen molar-refractivity contribution >= 4 is 0 Å². The Labute approximate surface area is 155 Å². The van der Waals surface area contributed by atoms with Gasteiger partial charge < -0.3 is 9.47 Å². The Morgan fingerprint density at radius 3 is 2.96 bits per heavy atom. The van der Waals surface area contributed by atoms with Crippen molar-refractivity contribution < 1.29 is 13.9 Å². The molecule has 26 heavy (non-hydrogen) atoms. The summed E-state index contributed by atoms with van der Waals surface area (Å²) in [5, 5.41) is 0. The molecule has 3 aliphatic rings. The number of hydrazine groups is 1. The van der Waals surface area contributed by atoms with Gasteiger partial charge in [0.25, 0.3) is 0 Å². The summed E-state index contributed by atoms with van der Waals surface area (Å²) in [7, 11) is 3.67. The Hall–Kier alpha value is -1.05. The smallest absolute Gasteiger partial charge is 0.123 e. The second kappa shape index (κ2) is 7.52. The molecule has 0 radical (unpaired) electrons. The largest absolute Gasteiger partial charge is 0.381 e. The molecule has 144 valence electrons. The number of halogens is 1. The van der Waals surface area contributed by atoms with Gasteiger partial charge in [0, 0.05) is 45.8 Å². The van der Waals surface area contributed by atoms with Crippen LogP contribution < -0.4 is 10.9 Å². The highest BCUT2D eigenvalue weighted by atomic mass is 19.1. The maximum absolute atomic E-state index is 13.7. The Kier molecular flexibility index (Phi) is 5.30. The molecule has 2 saturated heterocycles. The lowest BCUT2D eigenvalue weighted by Crippen LogP contribution is -2.52. The summed E-state index contributed by atoms with van der Waals surface area (Å²) in [6, 6.07) is 7.47. The van der Waals surface area contributed by atoms with E-state index in [2.05, 4.69) is 15.8 Å². The standard InChI is InChI=1S/C20H30FN3O2/c1-25-17-6-7-20(26-2)8-9-24(18(20)11-17)13-15-12-22-23-19(15)14-4-3-5-16(21)10-14/h3-5,10,15,17-19,22-23H,6-9,11-13H2,1-2H3/t15?,17-,18-,19?,20+/m1/s1. The molecular weight excluding hydrogens is 333 g/mol. The van der Waals surface area contributed by atoms with Crippen LogP contribution in [-0.4, -0.2) is 56.5 Å². The van der Waals surface area contributed by atoms with Gasteiger partial charge in [-0.15, -0.1) is 0 Å². The Bertz CT molecular complexity index is 631. The number of methoxy groups -OCH3 is 2. The van der Waals surface area contributed by atoms with Crippen molar-refractivity contribution in [1.82, 2.24) is 15.8 Å². The fourth-order valence-corrected chi connectivity index (χ4v) is 5.25. The molecule has 1 saturated carbocycles. The van der Waals surface area contributed by atoms with Crippen LogP contribution in [-0.2, 0) is 9.47 Å². The zero-order valence-corrected chi connectivity index (χ0v) is 15.7. The van der Waals surface area contributed by atoms with Gasteiger partial charge in [0.05, 0.1) is 17.7 Å². The monoisotopic (exact) mass is 363 g/mol. The first kappa shape index (κ1) is 18.3. The van der Waals surface area contributed by atoms with Crippen LogP contribution >= 0.6 is 0 Å². The molecular formula is C20H30FN3O2. The number of likely N-dealkylation sites (tertiary alicyclic amines) is 1. The summed E-state index contributed by atoms with van der Waals surface area (Å²) >= 11 is 0. The predicted molar refractivity (Wildman–Crippen MR) is 98.1 cm³/mol. The van der Waals surface area contributed by atoms with Crippen molar-refractivity contribution in [3.8, 4) is 0 Å². The number of nitrogens with one attached hydrogen (secondary N) is 2. The topological polar surface area (TPSA) is 45.8 Å². The van der Waals surface area contributed by atoms with Gasteiger partial charge in [0.15, 0.2) is 0 Å². The third-order valence-electron chi connectivity index (χ3n) is 6.76. The van der Waals surface area contributed by atoms with E-state index in [4.69, 9.17) is 9.47 Å². The summed E-state index contributed by atoms with van der Waals surface area (Å²) in [4.78, 5) is 2.58. The molecule has 1 aromatic rings. The van der Waals surface area contributed by atoms with Crippen LogP contribution in [0.5, 0.6) is 0 Å². The average molecular weight is 363 g/mol. The van der Waals surface area contributed by atoms with Crippen molar-refractivity contribution in [3.63, 3.8) is 0 Å². The van der Waals surface area contributed by atoms with Crippen molar-refractivity contribution in [2.45, 2.75) is 49.5 Å². The number of hydrogen-bond donors (Lipinski definition) is 2. The molecule has 5 atom stereocenters. The minimum atomic E-state index is -0.176.